The Kier molecular flexibility index (Phi) is 3.37. The molecule has 0 amide bonds. The number of methoxy groups -OCH3 is 1. The Bertz CT molecular complexity index is 606. The third-order valence-corrected chi connectivity index (χ3v) is 3.89. The van der Waals surface area contributed by atoms with Gasteiger partial charge in [0, 0.05) is 24.4 Å². The third kappa shape index (κ3) is 2.18. The number of hydrogen-bond donors (Lipinski definition) is 1. The van der Waals surface area contributed by atoms with E-state index in [1.54, 1.807) is 31.3 Å². The van der Waals surface area contributed by atoms with E-state index in [9.17, 15) is 5.11 Å². The number of nitrogens with zero attached hydrogens (tertiary/aromatic N) is 3. The van der Waals surface area contributed by atoms with Crippen molar-refractivity contribution in [1.82, 2.24) is 9.97 Å². The lowest BCUT2D eigenvalue weighted by molar-refractivity contribution is 0.204. The van der Waals surface area contributed by atoms with Crippen molar-refractivity contribution in [1.29, 1.82) is 0 Å². The van der Waals surface area contributed by atoms with E-state index in [1.807, 2.05) is 23.1 Å². The molecule has 1 aliphatic rings. The summed E-state index contributed by atoms with van der Waals surface area (Å²) in [6.45, 7) is 0.448. The van der Waals surface area contributed by atoms with Crippen LogP contribution in [0.3, 0.4) is 0 Å². The van der Waals surface area contributed by atoms with Gasteiger partial charge in [-0.2, -0.15) is 0 Å². The summed E-state index contributed by atoms with van der Waals surface area (Å²) in [5.41, 5.74) is 1.91. The number of benzene rings is 1. The van der Waals surface area contributed by atoms with Crippen molar-refractivity contribution in [3.05, 3.63) is 36.2 Å². The van der Waals surface area contributed by atoms with E-state index >= 15 is 0 Å². The summed E-state index contributed by atoms with van der Waals surface area (Å²) in [5, 5.41) is 10.1. The van der Waals surface area contributed by atoms with Gasteiger partial charge in [0.1, 0.15) is 11.8 Å². The van der Waals surface area contributed by atoms with Gasteiger partial charge in [0.05, 0.1) is 12.3 Å². The summed E-state index contributed by atoms with van der Waals surface area (Å²) < 4.78 is 5.25. The Morgan fingerprint density at radius 3 is 2.95 bits per heavy atom. The number of fused-ring (bicyclic) bond motifs is 2. The molecule has 0 fully saturated rings. The minimum atomic E-state index is 0.0332. The third-order valence-electron chi connectivity index (χ3n) is 2.86. The minimum Gasteiger partial charge on any atom is -0.392 e. The van der Waals surface area contributed by atoms with Gasteiger partial charge in [0.2, 0.25) is 0 Å². The van der Waals surface area contributed by atoms with Crippen molar-refractivity contribution in [3.8, 4) is 0 Å². The highest BCUT2D eigenvalue weighted by molar-refractivity contribution is 7.99. The number of rotatable bonds is 3. The van der Waals surface area contributed by atoms with Crippen LogP contribution in [-0.4, -0.2) is 28.9 Å². The average Bonchev–Trinajstić information content (AvgIpc) is 2.46. The van der Waals surface area contributed by atoms with Crippen LogP contribution in [0.25, 0.3) is 0 Å². The maximum Gasteiger partial charge on any atom is 0.168 e. The Hall–Kier alpha value is -1.63. The quantitative estimate of drug-likeness (QED) is 0.926. The topological polar surface area (TPSA) is 58.5 Å². The molecule has 1 aliphatic heterocycles. The van der Waals surface area contributed by atoms with Gasteiger partial charge < -0.3 is 9.84 Å². The van der Waals surface area contributed by atoms with Gasteiger partial charge in [-0.25, -0.2) is 9.97 Å². The highest BCUT2D eigenvalue weighted by atomic mass is 32.2. The Balaban J connectivity index is 2.10. The van der Waals surface area contributed by atoms with E-state index in [-0.39, 0.29) is 6.61 Å². The first-order valence-electron chi connectivity index (χ1n) is 5.82. The summed E-state index contributed by atoms with van der Waals surface area (Å²) >= 11 is 1.56. The van der Waals surface area contributed by atoms with Crippen LogP contribution < -0.4 is 4.90 Å². The molecule has 0 bridgehead atoms. The molecule has 6 heteroatoms. The predicted molar refractivity (Wildman–Crippen MR) is 72.5 cm³/mol. The van der Waals surface area contributed by atoms with Crippen LogP contribution in [0.5, 0.6) is 0 Å². The molecule has 0 spiro atoms. The average molecular weight is 275 g/mol. The molecule has 0 saturated heterocycles. The Morgan fingerprint density at radius 1 is 1.32 bits per heavy atom. The van der Waals surface area contributed by atoms with E-state index in [0.29, 0.717) is 6.73 Å². The number of anilines is 2. The molecule has 1 aromatic heterocycles. The van der Waals surface area contributed by atoms with Crippen LogP contribution in [0, 0.1) is 0 Å². The molecule has 19 heavy (non-hydrogen) atoms. The fraction of sp³-hybridized carbons (Fsp3) is 0.231. The van der Waals surface area contributed by atoms with Crippen molar-refractivity contribution in [2.24, 2.45) is 0 Å². The summed E-state index contributed by atoms with van der Waals surface area (Å²) in [4.78, 5) is 11.8. The molecule has 2 aromatic rings. The first kappa shape index (κ1) is 12.4. The molecule has 0 aliphatic carbocycles. The van der Waals surface area contributed by atoms with E-state index in [1.165, 1.54) is 0 Å². The van der Waals surface area contributed by atoms with Gasteiger partial charge in [0.25, 0.3) is 0 Å². The summed E-state index contributed by atoms with van der Waals surface area (Å²) in [6, 6.07) is 5.86. The van der Waals surface area contributed by atoms with Crippen LogP contribution in [0.15, 0.2) is 40.5 Å². The second-order valence-electron chi connectivity index (χ2n) is 4.09. The van der Waals surface area contributed by atoms with Gasteiger partial charge in [-0.1, -0.05) is 17.8 Å². The molecule has 98 valence electrons. The first-order valence-corrected chi connectivity index (χ1v) is 6.64. The number of aliphatic hydroxyl groups excluding tert-OH is 1. The number of aliphatic hydroxyl groups is 1. The largest absolute Gasteiger partial charge is 0.392 e. The lowest BCUT2D eigenvalue weighted by Gasteiger charge is -2.30. The van der Waals surface area contributed by atoms with Gasteiger partial charge in [-0.15, -0.1) is 0 Å². The maximum atomic E-state index is 9.23. The van der Waals surface area contributed by atoms with Crippen molar-refractivity contribution >= 4 is 23.3 Å². The lowest BCUT2D eigenvalue weighted by Crippen LogP contribution is -2.24. The second kappa shape index (κ2) is 5.16. The molecule has 0 radical (unpaired) electrons. The highest BCUT2D eigenvalue weighted by Crippen LogP contribution is 2.46. The van der Waals surface area contributed by atoms with Crippen LogP contribution in [0.2, 0.25) is 0 Å². The van der Waals surface area contributed by atoms with Crippen molar-refractivity contribution in [3.63, 3.8) is 0 Å². The van der Waals surface area contributed by atoms with Crippen LogP contribution in [0.1, 0.15) is 5.56 Å². The summed E-state index contributed by atoms with van der Waals surface area (Å²) in [5.74, 6) is 0.804. The van der Waals surface area contributed by atoms with Crippen LogP contribution in [0.4, 0.5) is 11.5 Å². The van der Waals surface area contributed by atoms with Crippen molar-refractivity contribution in [2.75, 3.05) is 18.7 Å². The maximum absolute atomic E-state index is 9.23. The molecule has 5 nitrogen and oxygen atoms in total. The van der Waals surface area contributed by atoms with Crippen LogP contribution in [-0.2, 0) is 11.3 Å². The molecule has 0 unspecified atom stereocenters. The second-order valence-corrected chi connectivity index (χ2v) is 5.12. The molecule has 3 rings (SSSR count). The van der Waals surface area contributed by atoms with Gasteiger partial charge in [0.15, 0.2) is 5.82 Å². The molecular formula is C13H13N3O2S. The zero-order valence-corrected chi connectivity index (χ0v) is 11.2. The smallest absolute Gasteiger partial charge is 0.168 e. The van der Waals surface area contributed by atoms with E-state index in [4.69, 9.17) is 4.74 Å². The predicted octanol–water partition coefficient (Wildman–Crippen LogP) is 2.18. The fourth-order valence-corrected chi connectivity index (χ4v) is 3.08. The number of aromatic nitrogens is 2. The van der Waals surface area contributed by atoms with E-state index in [2.05, 4.69) is 9.97 Å². The normalized spacial score (nSPS) is 13.1. The minimum absolute atomic E-state index is 0.0332. The zero-order valence-electron chi connectivity index (χ0n) is 10.4. The zero-order chi connectivity index (χ0) is 13.2. The molecule has 2 heterocycles. The monoisotopic (exact) mass is 275 g/mol. The first-order chi connectivity index (χ1) is 9.33. The molecule has 0 atom stereocenters. The molecule has 1 N–H and O–H groups in total. The van der Waals surface area contributed by atoms with Crippen molar-refractivity contribution in [2.45, 2.75) is 16.5 Å². The van der Waals surface area contributed by atoms with Gasteiger partial charge in [-0.05, 0) is 17.7 Å². The van der Waals surface area contributed by atoms with E-state index < -0.39 is 0 Å². The van der Waals surface area contributed by atoms with Gasteiger partial charge >= 0.3 is 0 Å². The van der Waals surface area contributed by atoms with E-state index in [0.717, 1.165) is 27.0 Å². The number of ether oxygens (including phenoxy) is 1. The fourth-order valence-electron chi connectivity index (χ4n) is 2.01. The Labute approximate surface area is 115 Å². The van der Waals surface area contributed by atoms with Gasteiger partial charge in [-0.3, -0.25) is 4.90 Å². The SMILES string of the molecule is COCN1c2ccc(CO)cc2Sc2nccnc21. The summed E-state index contributed by atoms with van der Waals surface area (Å²) in [7, 11) is 1.65. The molecule has 0 saturated carbocycles. The standard InChI is InChI=1S/C13H13N3O2S/c1-18-8-16-10-3-2-9(7-17)6-11(10)19-13-12(16)14-4-5-15-13/h2-6,17H,7-8H2,1H3. The van der Waals surface area contributed by atoms with Crippen LogP contribution >= 0.6 is 11.8 Å². The Morgan fingerprint density at radius 2 is 2.16 bits per heavy atom. The highest BCUT2D eigenvalue weighted by Gasteiger charge is 2.25. The number of hydrogen-bond acceptors (Lipinski definition) is 6. The lowest BCUT2D eigenvalue weighted by atomic mass is 10.2. The molecular weight excluding hydrogens is 262 g/mol. The summed E-state index contributed by atoms with van der Waals surface area (Å²) in [6.07, 6.45) is 3.35. The van der Waals surface area contributed by atoms with Crippen molar-refractivity contribution < 1.29 is 9.84 Å². The molecule has 1 aromatic carbocycles.